The van der Waals surface area contributed by atoms with Crippen molar-refractivity contribution < 1.29 is 23.9 Å². The SMILES string of the molecule is CC(=O)OCC(=O)[C@H]1CC[C@H]2[C@@H]3CC=C4C[C@@H](OC=O)CC[C@]4(C)[C@H]3CC[C@]12C. The molecule has 4 aliphatic rings. The molecule has 0 amide bonds. The van der Waals surface area contributed by atoms with Crippen molar-refractivity contribution in [2.75, 3.05) is 6.61 Å². The third kappa shape index (κ3) is 3.34. The Bertz CT molecular complexity index is 727. The van der Waals surface area contributed by atoms with Gasteiger partial charge in [0.2, 0.25) is 0 Å². The molecule has 4 rings (SSSR count). The quantitative estimate of drug-likeness (QED) is 0.391. The van der Waals surface area contributed by atoms with E-state index >= 15 is 0 Å². The van der Waals surface area contributed by atoms with Crippen LogP contribution in [0.3, 0.4) is 0 Å². The van der Waals surface area contributed by atoms with E-state index in [-0.39, 0.29) is 41.2 Å². The second-order valence-corrected chi connectivity index (χ2v) is 10.3. The summed E-state index contributed by atoms with van der Waals surface area (Å²) in [6, 6.07) is 0. The second-order valence-electron chi connectivity index (χ2n) is 10.3. The van der Waals surface area contributed by atoms with Crippen LogP contribution in [0.15, 0.2) is 11.6 Å². The van der Waals surface area contributed by atoms with Crippen molar-refractivity contribution >= 4 is 18.2 Å². The first-order valence-electron chi connectivity index (χ1n) is 11.2. The van der Waals surface area contributed by atoms with E-state index in [1.807, 2.05) is 0 Å². The van der Waals surface area contributed by atoms with Gasteiger partial charge in [0, 0.05) is 19.3 Å². The molecule has 0 unspecified atom stereocenters. The van der Waals surface area contributed by atoms with E-state index in [0.29, 0.717) is 24.2 Å². The Labute approximate surface area is 173 Å². The highest BCUT2D eigenvalue weighted by Crippen LogP contribution is 2.66. The van der Waals surface area contributed by atoms with E-state index in [0.717, 1.165) is 51.4 Å². The summed E-state index contributed by atoms with van der Waals surface area (Å²) < 4.78 is 10.3. The van der Waals surface area contributed by atoms with E-state index in [2.05, 4.69) is 19.9 Å². The van der Waals surface area contributed by atoms with Crippen LogP contribution >= 0.6 is 0 Å². The lowest BCUT2D eigenvalue weighted by Gasteiger charge is -2.58. The number of hydrogen-bond donors (Lipinski definition) is 0. The highest BCUT2D eigenvalue weighted by Gasteiger charge is 2.59. The molecule has 0 heterocycles. The van der Waals surface area contributed by atoms with E-state index < -0.39 is 0 Å². The summed E-state index contributed by atoms with van der Waals surface area (Å²) >= 11 is 0. The predicted octanol–water partition coefficient (Wildman–Crippen LogP) is 4.24. The van der Waals surface area contributed by atoms with Crippen molar-refractivity contribution in [3.8, 4) is 0 Å². The summed E-state index contributed by atoms with van der Waals surface area (Å²) in [4.78, 5) is 34.7. The monoisotopic (exact) mass is 402 g/mol. The van der Waals surface area contributed by atoms with Gasteiger partial charge in [-0.15, -0.1) is 0 Å². The van der Waals surface area contributed by atoms with Crippen molar-refractivity contribution in [2.45, 2.75) is 78.2 Å². The van der Waals surface area contributed by atoms with Crippen molar-refractivity contribution in [2.24, 2.45) is 34.5 Å². The van der Waals surface area contributed by atoms with Crippen LogP contribution in [0, 0.1) is 34.5 Å². The zero-order valence-electron chi connectivity index (χ0n) is 17.9. The minimum absolute atomic E-state index is 0.0164. The maximum Gasteiger partial charge on any atom is 0.303 e. The fraction of sp³-hybridized carbons (Fsp3) is 0.792. The molecule has 5 heteroatoms. The van der Waals surface area contributed by atoms with Crippen LogP contribution in [0.5, 0.6) is 0 Å². The molecule has 4 aliphatic carbocycles. The van der Waals surface area contributed by atoms with Gasteiger partial charge in [0.1, 0.15) is 12.7 Å². The standard InChI is InChI=1S/C24H34O5/c1-15(26)28-13-22(27)21-7-6-19-18-5-4-16-12-17(29-14-25)8-10-23(16,2)20(18)9-11-24(19,21)3/h4,14,17-21H,5-13H2,1-3H3/t17-,18-,19-,20-,21+,23-,24-/m0/s1. The maximum absolute atomic E-state index is 12.8. The predicted molar refractivity (Wildman–Crippen MR) is 108 cm³/mol. The van der Waals surface area contributed by atoms with E-state index in [9.17, 15) is 14.4 Å². The number of allylic oxidation sites excluding steroid dienone is 1. The van der Waals surface area contributed by atoms with Gasteiger partial charge in [-0.3, -0.25) is 14.4 Å². The summed E-state index contributed by atoms with van der Waals surface area (Å²) in [5.41, 5.74) is 1.71. The zero-order chi connectivity index (χ0) is 20.8. The number of ketones is 1. The normalized spacial score (nSPS) is 43.3. The van der Waals surface area contributed by atoms with Gasteiger partial charge in [-0.25, -0.2) is 0 Å². The molecule has 3 fully saturated rings. The van der Waals surface area contributed by atoms with Crippen molar-refractivity contribution in [1.82, 2.24) is 0 Å². The summed E-state index contributed by atoms with van der Waals surface area (Å²) in [5, 5.41) is 0. The average molecular weight is 403 g/mol. The Morgan fingerprint density at radius 2 is 1.93 bits per heavy atom. The topological polar surface area (TPSA) is 69.7 Å². The molecule has 7 atom stereocenters. The van der Waals surface area contributed by atoms with Gasteiger partial charge in [0.05, 0.1) is 0 Å². The van der Waals surface area contributed by atoms with Crippen LogP contribution in [-0.4, -0.2) is 30.9 Å². The molecule has 0 bridgehead atoms. The van der Waals surface area contributed by atoms with Crippen LogP contribution in [0.1, 0.15) is 72.1 Å². The minimum atomic E-state index is -0.381. The minimum Gasteiger partial charge on any atom is -0.464 e. The number of fused-ring (bicyclic) bond motifs is 5. The highest BCUT2D eigenvalue weighted by atomic mass is 16.5. The lowest BCUT2D eigenvalue weighted by molar-refractivity contribution is -0.149. The van der Waals surface area contributed by atoms with Gasteiger partial charge >= 0.3 is 5.97 Å². The Hall–Kier alpha value is -1.65. The van der Waals surface area contributed by atoms with Crippen molar-refractivity contribution in [3.63, 3.8) is 0 Å². The van der Waals surface area contributed by atoms with Gasteiger partial charge in [-0.05, 0) is 73.5 Å². The van der Waals surface area contributed by atoms with Gasteiger partial charge in [-0.2, -0.15) is 0 Å². The zero-order valence-corrected chi connectivity index (χ0v) is 17.9. The van der Waals surface area contributed by atoms with Gasteiger partial charge in [-0.1, -0.05) is 25.5 Å². The molecule has 29 heavy (non-hydrogen) atoms. The number of rotatable bonds is 5. The van der Waals surface area contributed by atoms with E-state index in [1.54, 1.807) is 0 Å². The third-order valence-electron chi connectivity index (χ3n) is 9.11. The molecule has 0 radical (unpaired) electrons. The molecule has 0 aromatic rings. The number of hydrogen-bond acceptors (Lipinski definition) is 5. The van der Waals surface area contributed by atoms with Crippen molar-refractivity contribution in [1.29, 1.82) is 0 Å². The molecular formula is C24H34O5. The Balaban J connectivity index is 1.53. The number of esters is 1. The summed E-state index contributed by atoms with van der Waals surface area (Å²) in [5.74, 6) is 1.58. The molecular weight excluding hydrogens is 368 g/mol. The second kappa shape index (κ2) is 7.55. The average Bonchev–Trinajstić information content (AvgIpc) is 3.04. The van der Waals surface area contributed by atoms with Crippen LogP contribution in [0.4, 0.5) is 0 Å². The first kappa shape index (κ1) is 20.6. The first-order chi connectivity index (χ1) is 13.8. The summed E-state index contributed by atoms with van der Waals surface area (Å²) in [6.07, 6.45) is 10.7. The third-order valence-corrected chi connectivity index (χ3v) is 9.11. The van der Waals surface area contributed by atoms with Crippen molar-refractivity contribution in [3.05, 3.63) is 11.6 Å². The molecule has 0 aromatic carbocycles. The summed E-state index contributed by atoms with van der Waals surface area (Å²) in [7, 11) is 0. The molecule has 0 spiro atoms. The smallest absolute Gasteiger partial charge is 0.303 e. The Morgan fingerprint density at radius 3 is 2.66 bits per heavy atom. The van der Waals surface area contributed by atoms with Gasteiger partial charge < -0.3 is 9.47 Å². The molecule has 5 nitrogen and oxygen atoms in total. The molecule has 0 N–H and O–H groups in total. The fourth-order valence-electron chi connectivity index (χ4n) is 7.62. The number of Topliss-reactive ketones (excluding diaryl/α,β-unsaturated/α-hetero) is 1. The first-order valence-corrected chi connectivity index (χ1v) is 11.2. The Kier molecular flexibility index (Phi) is 5.37. The van der Waals surface area contributed by atoms with Crippen LogP contribution in [-0.2, 0) is 23.9 Å². The van der Waals surface area contributed by atoms with Crippen LogP contribution in [0.25, 0.3) is 0 Å². The molecule has 0 aromatic heterocycles. The molecule has 160 valence electrons. The molecule has 0 saturated heterocycles. The molecule has 0 aliphatic heterocycles. The van der Waals surface area contributed by atoms with E-state index in [1.165, 1.54) is 12.5 Å². The van der Waals surface area contributed by atoms with Gasteiger partial charge in [0.15, 0.2) is 5.78 Å². The number of carbonyl (C=O) groups is 3. The van der Waals surface area contributed by atoms with Gasteiger partial charge in [0.25, 0.3) is 6.47 Å². The highest BCUT2D eigenvalue weighted by molar-refractivity contribution is 5.85. The Morgan fingerprint density at radius 1 is 1.14 bits per heavy atom. The number of ether oxygens (including phenoxy) is 2. The fourth-order valence-corrected chi connectivity index (χ4v) is 7.62. The molecule has 3 saturated carbocycles. The van der Waals surface area contributed by atoms with Crippen LogP contribution < -0.4 is 0 Å². The lowest BCUT2D eigenvalue weighted by Crippen LogP contribution is -2.51. The lowest BCUT2D eigenvalue weighted by atomic mass is 9.47. The van der Waals surface area contributed by atoms with E-state index in [4.69, 9.17) is 9.47 Å². The maximum atomic E-state index is 12.8. The summed E-state index contributed by atoms with van der Waals surface area (Å²) in [6.45, 7) is 6.62. The number of carbonyl (C=O) groups excluding carboxylic acids is 3. The largest absolute Gasteiger partial charge is 0.464 e. The van der Waals surface area contributed by atoms with Crippen LogP contribution in [0.2, 0.25) is 0 Å².